The van der Waals surface area contributed by atoms with E-state index in [0.29, 0.717) is 0 Å². The van der Waals surface area contributed by atoms with Crippen molar-refractivity contribution in [3.63, 3.8) is 0 Å². The van der Waals surface area contributed by atoms with Crippen LogP contribution in [-0.2, 0) is 7.05 Å². The lowest BCUT2D eigenvalue weighted by molar-refractivity contribution is 0.898. The first kappa shape index (κ1) is 12.8. The van der Waals surface area contributed by atoms with Crippen LogP contribution in [0.25, 0.3) is 10.9 Å². The highest BCUT2D eigenvalue weighted by Crippen LogP contribution is 2.32. The smallest absolute Gasteiger partial charge is 0.251 e. The summed E-state index contributed by atoms with van der Waals surface area (Å²) in [4.78, 5) is 14.1. The Bertz CT molecular complexity index is 822. The number of para-hydroxylation sites is 1. The molecule has 0 aliphatic carbocycles. The zero-order chi connectivity index (χ0) is 14.1. The summed E-state index contributed by atoms with van der Waals surface area (Å²) < 4.78 is 1.67. The van der Waals surface area contributed by atoms with Crippen LogP contribution in [0.4, 0.5) is 5.69 Å². The molecule has 0 amide bonds. The predicted octanol–water partition coefficient (Wildman–Crippen LogP) is 3.27. The number of hydrogen-bond acceptors (Lipinski definition) is 3. The van der Waals surface area contributed by atoms with Crippen molar-refractivity contribution in [3.05, 3.63) is 65.0 Å². The van der Waals surface area contributed by atoms with Gasteiger partial charge in [0.1, 0.15) is 0 Å². The molecule has 3 aromatic rings. The largest absolute Gasteiger partial charge is 0.399 e. The molecule has 0 aliphatic rings. The van der Waals surface area contributed by atoms with Crippen molar-refractivity contribution in [1.82, 2.24) is 4.57 Å². The number of nitrogens with two attached hydrogens (primary N) is 1. The molecule has 0 fully saturated rings. The Morgan fingerprint density at radius 1 is 1.05 bits per heavy atom. The quantitative estimate of drug-likeness (QED) is 0.734. The maximum absolute atomic E-state index is 12.0. The van der Waals surface area contributed by atoms with E-state index in [1.165, 1.54) is 0 Å². The Labute approximate surface area is 121 Å². The van der Waals surface area contributed by atoms with E-state index < -0.39 is 0 Å². The summed E-state index contributed by atoms with van der Waals surface area (Å²) in [7, 11) is 1.79. The lowest BCUT2D eigenvalue weighted by atomic mass is 10.2. The second-order valence-corrected chi connectivity index (χ2v) is 5.71. The lowest BCUT2D eigenvalue weighted by Crippen LogP contribution is -2.15. The summed E-state index contributed by atoms with van der Waals surface area (Å²) in [6.45, 7) is 0. The molecule has 4 heteroatoms. The topological polar surface area (TPSA) is 48.0 Å². The molecule has 2 aromatic carbocycles. The average Bonchev–Trinajstić information content (AvgIpc) is 2.47. The molecular formula is C16H14N2OS. The Morgan fingerprint density at radius 3 is 2.50 bits per heavy atom. The van der Waals surface area contributed by atoms with Gasteiger partial charge in [0.25, 0.3) is 5.56 Å². The van der Waals surface area contributed by atoms with Gasteiger partial charge in [0.15, 0.2) is 0 Å². The molecule has 0 unspecified atom stereocenters. The van der Waals surface area contributed by atoms with Crippen LogP contribution in [0.15, 0.2) is 69.2 Å². The molecule has 100 valence electrons. The van der Waals surface area contributed by atoms with Crippen molar-refractivity contribution in [2.75, 3.05) is 5.73 Å². The summed E-state index contributed by atoms with van der Waals surface area (Å²) in [6, 6.07) is 17.3. The zero-order valence-corrected chi connectivity index (χ0v) is 11.9. The minimum absolute atomic E-state index is 0.00152. The lowest BCUT2D eigenvalue weighted by Gasteiger charge is -2.09. The number of nitrogen functional groups attached to an aromatic ring is 1. The number of pyridine rings is 1. The number of nitrogens with zero attached hydrogens (tertiary/aromatic N) is 1. The van der Waals surface area contributed by atoms with Gasteiger partial charge >= 0.3 is 0 Å². The molecular weight excluding hydrogens is 268 g/mol. The molecule has 1 aromatic heterocycles. The number of aryl methyl sites for hydroxylation is 1. The van der Waals surface area contributed by atoms with Gasteiger partial charge in [-0.25, -0.2) is 0 Å². The molecule has 2 N–H and O–H groups in total. The van der Waals surface area contributed by atoms with Crippen molar-refractivity contribution in [3.8, 4) is 0 Å². The highest BCUT2D eigenvalue weighted by Gasteiger charge is 2.07. The van der Waals surface area contributed by atoms with Crippen molar-refractivity contribution in [1.29, 1.82) is 0 Å². The maximum Gasteiger partial charge on any atom is 0.251 e. The molecule has 0 spiro atoms. The second kappa shape index (κ2) is 5.06. The standard InChI is InChI=1S/C16H14N2OS/c1-18-14-5-3-2-4-13(14)15(10-16(18)19)20-12-8-6-11(17)7-9-12/h2-10H,17H2,1H3. The molecule has 0 bridgehead atoms. The fraction of sp³-hybridized carbons (Fsp3) is 0.0625. The summed E-state index contributed by atoms with van der Waals surface area (Å²) in [5, 5.41) is 1.08. The SMILES string of the molecule is Cn1c(=O)cc(Sc2ccc(N)cc2)c2ccccc21. The van der Waals surface area contributed by atoms with Gasteiger partial charge in [0.05, 0.1) is 5.52 Å². The average molecular weight is 282 g/mol. The Morgan fingerprint density at radius 2 is 1.75 bits per heavy atom. The van der Waals surface area contributed by atoms with Gasteiger partial charge in [0, 0.05) is 34.0 Å². The molecule has 3 nitrogen and oxygen atoms in total. The normalized spacial score (nSPS) is 10.8. The summed E-state index contributed by atoms with van der Waals surface area (Å²) in [6.07, 6.45) is 0. The predicted molar refractivity (Wildman–Crippen MR) is 84.2 cm³/mol. The first-order chi connectivity index (χ1) is 9.65. The van der Waals surface area contributed by atoms with Crippen LogP contribution in [0.2, 0.25) is 0 Å². The molecule has 1 heterocycles. The van der Waals surface area contributed by atoms with E-state index in [4.69, 9.17) is 5.73 Å². The Kier molecular flexibility index (Phi) is 3.24. The summed E-state index contributed by atoms with van der Waals surface area (Å²) in [5.74, 6) is 0. The summed E-state index contributed by atoms with van der Waals surface area (Å²) >= 11 is 1.58. The fourth-order valence-electron chi connectivity index (χ4n) is 2.13. The van der Waals surface area contributed by atoms with E-state index in [2.05, 4.69) is 0 Å². The van der Waals surface area contributed by atoms with E-state index in [-0.39, 0.29) is 5.56 Å². The maximum atomic E-state index is 12.0. The zero-order valence-electron chi connectivity index (χ0n) is 11.0. The van der Waals surface area contributed by atoms with Crippen molar-refractivity contribution >= 4 is 28.4 Å². The number of anilines is 1. The molecule has 0 atom stereocenters. The Balaban J connectivity index is 2.14. The molecule has 0 aliphatic heterocycles. The van der Waals surface area contributed by atoms with Gasteiger partial charge in [0.2, 0.25) is 0 Å². The number of fused-ring (bicyclic) bond motifs is 1. The van der Waals surface area contributed by atoms with Crippen molar-refractivity contribution in [2.45, 2.75) is 9.79 Å². The van der Waals surface area contributed by atoms with E-state index in [0.717, 1.165) is 26.4 Å². The molecule has 0 saturated heterocycles. The minimum atomic E-state index is 0.00152. The van der Waals surface area contributed by atoms with Gasteiger partial charge in [-0.05, 0) is 30.3 Å². The van der Waals surface area contributed by atoms with Gasteiger partial charge < -0.3 is 10.3 Å². The van der Waals surface area contributed by atoms with Crippen LogP contribution in [0.3, 0.4) is 0 Å². The fourth-order valence-corrected chi connectivity index (χ4v) is 3.10. The molecule has 3 rings (SSSR count). The van der Waals surface area contributed by atoms with Crippen LogP contribution in [0, 0.1) is 0 Å². The van der Waals surface area contributed by atoms with Crippen molar-refractivity contribution < 1.29 is 0 Å². The van der Waals surface area contributed by atoms with Gasteiger partial charge in [-0.2, -0.15) is 0 Å². The van der Waals surface area contributed by atoms with Crippen LogP contribution in [0.1, 0.15) is 0 Å². The molecule has 20 heavy (non-hydrogen) atoms. The van der Waals surface area contributed by atoms with E-state index in [1.54, 1.807) is 29.4 Å². The number of rotatable bonds is 2. The van der Waals surface area contributed by atoms with Crippen LogP contribution < -0.4 is 11.3 Å². The van der Waals surface area contributed by atoms with Gasteiger partial charge in [-0.15, -0.1) is 0 Å². The third-order valence-electron chi connectivity index (χ3n) is 3.22. The number of aromatic nitrogens is 1. The number of hydrogen-bond donors (Lipinski definition) is 1. The monoisotopic (exact) mass is 282 g/mol. The van der Waals surface area contributed by atoms with E-state index in [1.807, 2.05) is 48.5 Å². The van der Waals surface area contributed by atoms with Crippen LogP contribution in [0.5, 0.6) is 0 Å². The van der Waals surface area contributed by atoms with Crippen molar-refractivity contribution in [2.24, 2.45) is 7.05 Å². The minimum Gasteiger partial charge on any atom is -0.399 e. The molecule has 0 saturated carbocycles. The highest BCUT2D eigenvalue weighted by atomic mass is 32.2. The first-order valence-electron chi connectivity index (χ1n) is 6.27. The van der Waals surface area contributed by atoms with Gasteiger partial charge in [-0.1, -0.05) is 30.0 Å². The second-order valence-electron chi connectivity index (χ2n) is 4.59. The highest BCUT2D eigenvalue weighted by molar-refractivity contribution is 7.99. The summed E-state index contributed by atoms with van der Waals surface area (Å²) in [5.41, 5.74) is 7.38. The van der Waals surface area contributed by atoms with Crippen LogP contribution in [-0.4, -0.2) is 4.57 Å². The third kappa shape index (κ3) is 2.30. The van der Waals surface area contributed by atoms with Crippen LogP contribution >= 0.6 is 11.8 Å². The van der Waals surface area contributed by atoms with E-state index in [9.17, 15) is 4.79 Å². The van der Waals surface area contributed by atoms with E-state index >= 15 is 0 Å². The molecule has 0 radical (unpaired) electrons. The first-order valence-corrected chi connectivity index (χ1v) is 7.09. The third-order valence-corrected chi connectivity index (χ3v) is 4.29. The Hall–Kier alpha value is -2.20. The number of benzene rings is 2. The van der Waals surface area contributed by atoms with Gasteiger partial charge in [-0.3, -0.25) is 4.79 Å².